The van der Waals surface area contributed by atoms with Crippen molar-refractivity contribution in [3.63, 3.8) is 0 Å². The standard InChI is InChI=1S/C16H19BrOS/c1-18-15-9-7-13(8-10-15)12-14(17)4-2-5-16-6-3-11-19-16/h3,6-11,14H,2,4-5,12H2,1H3. The Morgan fingerprint density at radius 1 is 1.21 bits per heavy atom. The molecule has 0 aliphatic carbocycles. The summed E-state index contributed by atoms with van der Waals surface area (Å²) in [6.45, 7) is 0. The summed E-state index contributed by atoms with van der Waals surface area (Å²) in [5.41, 5.74) is 1.36. The van der Waals surface area contributed by atoms with Gasteiger partial charge in [-0.25, -0.2) is 0 Å². The summed E-state index contributed by atoms with van der Waals surface area (Å²) in [6.07, 6.45) is 4.73. The van der Waals surface area contributed by atoms with Gasteiger partial charge in [0.1, 0.15) is 5.75 Å². The molecule has 0 saturated carbocycles. The number of benzene rings is 1. The molecule has 0 N–H and O–H groups in total. The Hall–Kier alpha value is -0.800. The molecule has 1 aromatic heterocycles. The first-order valence-electron chi connectivity index (χ1n) is 6.57. The molecule has 0 fully saturated rings. The van der Waals surface area contributed by atoms with E-state index < -0.39 is 0 Å². The second-order valence-corrected chi connectivity index (χ2v) is 6.95. The zero-order valence-electron chi connectivity index (χ0n) is 11.1. The molecular formula is C16H19BrOS. The van der Waals surface area contributed by atoms with Gasteiger partial charge in [0.2, 0.25) is 0 Å². The van der Waals surface area contributed by atoms with Crippen molar-refractivity contribution in [2.24, 2.45) is 0 Å². The zero-order chi connectivity index (χ0) is 13.5. The molecule has 0 amide bonds. The van der Waals surface area contributed by atoms with Crippen molar-refractivity contribution < 1.29 is 4.74 Å². The van der Waals surface area contributed by atoms with Crippen LogP contribution < -0.4 is 4.74 Å². The zero-order valence-corrected chi connectivity index (χ0v) is 13.5. The summed E-state index contributed by atoms with van der Waals surface area (Å²) in [6, 6.07) is 12.7. The second kappa shape index (κ2) is 7.71. The summed E-state index contributed by atoms with van der Waals surface area (Å²) in [7, 11) is 1.70. The van der Waals surface area contributed by atoms with Crippen LogP contribution in [0.25, 0.3) is 0 Å². The average molecular weight is 339 g/mol. The van der Waals surface area contributed by atoms with Crippen molar-refractivity contribution in [1.29, 1.82) is 0 Å². The third kappa shape index (κ3) is 5.00. The first-order chi connectivity index (χ1) is 9.28. The van der Waals surface area contributed by atoms with E-state index >= 15 is 0 Å². The Kier molecular flexibility index (Phi) is 5.93. The van der Waals surface area contributed by atoms with Gasteiger partial charge in [-0.1, -0.05) is 34.1 Å². The van der Waals surface area contributed by atoms with Crippen molar-refractivity contribution in [1.82, 2.24) is 0 Å². The van der Waals surface area contributed by atoms with Crippen LogP contribution in [0, 0.1) is 0 Å². The molecule has 0 radical (unpaired) electrons. The van der Waals surface area contributed by atoms with Gasteiger partial charge in [-0.15, -0.1) is 11.3 Å². The molecule has 1 nitrogen and oxygen atoms in total. The highest BCUT2D eigenvalue weighted by Crippen LogP contribution is 2.20. The van der Waals surface area contributed by atoms with Crippen LogP contribution in [0.2, 0.25) is 0 Å². The van der Waals surface area contributed by atoms with Crippen molar-refractivity contribution in [2.45, 2.75) is 30.5 Å². The van der Waals surface area contributed by atoms with Crippen LogP contribution in [0.4, 0.5) is 0 Å². The molecule has 1 unspecified atom stereocenters. The van der Waals surface area contributed by atoms with E-state index in [1.807, 2.05) is 23.5 Å². The Bertz CT molecular complexity index is 464. The molecule has 0 aliphatic heterocycles. The molecule has 19 heavy (non-hydrogen) atoms. The van der Waals surface area contributed by atoms with Gasteiger partial charge in [-0.05, 0) is 54.8 Å². The molecule has 2 rings (SSSR count). The van der Waals surface area contributed by atoms with Gasteiger partial charge in [0, 0.05) is 9.70 Å². The van der Waals surface area contributed by atoms with E-state index in [-0.39, 0.29) is 0 Å². The molecule has 0 saturated heterocycles. The maximum Gasteiger partial charge on any atom is 0.118 e. The minimum Gasteiger partial charge on any atom is -0.497 e. The molecule has 0 aliphatic rings. The van der Waals surface area contributed by atoms with Crippen LogP contribution in [-0.2, 0) is 12.8 Å². The number of hydrogen-bond donors (Lipinski definition) is 0. The van der Waals surface area contributed by atoms with E-state index in [0.717, 1.165) is 12.2 Å². The van der Waals surface area contributed by atoms with Gasteiger partial charge in [-0.2, -0.15) is 0 Å². The highest BCUT2D eigenvalue weighted by Gasteiger charge is 2.06. The third-order valence-electron chi connectivity index (χ3n) is 3.14. The minimum atomic E-state index is 0.556. The summed E-state index contributed by atoms with van der Waals surface area (Å²) in [5, 5.41) is 2.15. The van der Waals surface area contributed by atoms with E-state index in [1.165, 1.54) is 29.7 Å². The monoisotopic (exact) mass is 338 g/mol. The predicted molar refractivity (Wildman–Crippen MR) is 86.7 cm³/mol. The van der Waals surface area contributed by atoms with Crippen LogP contribution in [-0.4, -0.2) is 11.9 Å². The number of thiophene rings is 1. The number of halogens is 1. The van der Waals surface area contributed by atoms with Gasteiger partial charge in [-0.3, -0.25) is 0 Å². The first-order valence-corrected chi connectivity index (χ1v) is 8.37. The van der Waals surface area contributed by atoms with Crippen LogP contribution in [0.3, 0.4) is 0 Å². The van der Waals surface area contributed by atoms with E-state index in [0.29, 0.717) is 4.83 Å². The fraction of sp³-hybridized carbons (Fsp3) is 0.375. The smallest absolute Gasteiger partial charge is 0.118 e. The van der Waals surface area contributed by atoms with Crippen molar-refractivity contribution >= 4 is 27.3 Å². The summed E-state index contributed by atoms with van der Waals surface area (Å²) >= 11 is 5.64. The lowest BCUT2D eigenvalue weighted by atomic mass is 10.1. The topological polar surface area (TPSA) is 9.23 Å². The fourth-order valence-corrected chi connectivity index (χ4v) is 3.52. The normalized spacial score (nSPS) is 12.3. The third-order valence-corrected chi connectivity index (χ3v) is 4.85. The molecule has 1 aromatic carbocycles. The van der Waals surface area contributed by atoms with Crippen LogP contribution in [0.15, 0.2) is 41.8 Å². The lowest BCUT2D eigenvalue weighted by Gasteiger charge is -2.10. The van der Waals surface area contributed by atoms with Gasteiger partial charge in [0.25, 0.3) is 0 Å². The van der Waals surface area contributed by atoms with Crippen LogP contribution in [0.1, 0.15) is 23.3 Å². The highest BCUT2D eigenvalue weighted by molar-refractivity contribution is 9.09. The number of aryl methyl sites for hydroxylation is 1. The van der Waals surface area contributed by atoms with E-state index in [9.17, 15) is 0 Å². The highest BCUT2D eigenvalue weighted by atomic mass is 79.9. The number of alkyl halides is 1. The summed E-state index contributed by atoms with van der Waals surface area (Å²) in [4.78, 5) is 2.05. The van der Waals surface area contributed by atoms with E-state index in [4.69, 9.17) is 4.74 Å². The van der Waals surface area contributed by atoms with Gasteiger partial charge >= 0.3 is 0 Å². The Morgan fingerprint density at radius 3 is 2.63 bits per heavy atom. The average Bonchev–Trinajstić information content (AvgIpc) is 2.93. The minimum absolute atomic E-state index is 0.556. The Labute approximate surface area is 127 Å². The van der Waals surface area contributed by atoms with Crippen molar-refractivity contribution in [2.75, 3.05) is 7.11 Å². The SMILES string of the molecule is COc1ccc(CC(Br)CCCc2cccs2)cc1. The first kappa shape index (κ1) is 14.6. The Balaban J connectivity index is 1.72. The summed E-state index contributed by atoms with van der Waals surface area (Å²) < 4.78 is 5.17. The molecule has 102 valence electrons. The van der Waals surface area contributed by atoms with Gasteiger partial charge < -0.3 is 4.74 Å². The molecule has 2 aromatic rings. The van der Waals surface area contributed by atoms with E-state index in [1.54, 1.807) is 7.11 Å². The quantitative estimate of drug-likeness (QED) is 0.639. The lowest BCUT2D eigenvalue weighted by Crippen LogP contribution is -2.03. The molecule has 0 spiro atoms. The summed E-state index contributed by atoms with van der Waals surface area (Å²) in [5.74, 6) is 0.924. The maximum atomic E-state index is 5.17. The number of methoxy groups -OCH3 is 1. The molecule has 1 heterocycles. The molecule has 3 heteroatoms. The Morgan fingerprint density at radius 2 is 2.00 bits per heavy atom. The largest absolute Gasteiger partial charge is 0.497 e. The van der Waals surface area contributed by atoms with Crippen molar-refractivity contribution in [3.05, 3.63) is 52.2 Å². The number of rotatable bonds is 7. The lowest BCUT2D eigenvalue weighted by molar-refractivity contribution is 0.414. The number of hydrogen-bond acceptors (Lipinski definition) is 2. The predicted octanol–water partition coefficient (Wildman–Crippen LogP) is 5.09. The van der Waals surface area contributed by atoms with Crippen molar-refractivity contribution in [3.8, 4) is 5.75 Å². The molecular weight excluding hydrogens is 320 g/mol. The number of ether oxygens (including phenoxy) is 1. The van der Waals surface area contributed by atoms with E-state index in [2.05, 4.69) is 45.6 Å². The van der Waals surface area contributed by atoms with Gasteiger partial charge in [0.05, 0.1) is 7.11 Å². The fourth-order valence-electron chi connectivity index (χ4n) is 2.07. The molecule has 0 bridgehead atoms. The molecule has 1 atom stereocenters. The van der Waals surface area contributed by atoms with Crippen LogP contribution in [0.5, 0.6) is 5.75 Å². The maximum absolute atomic E-state index is 5.17. The van der Waals surface area contributed by atoms with Gasteiger partial charge in [0.15, 0.2) is 0 Å². The second-order valence-electron chi connectivity index (χ2n) is 4.62. The van der Waals surface area contributed by atoms with Crippen LogP contribution >= 0.6 is 27.3 Å².